The van der Waals surface area contributed by atoms with E-state index in [1.54, 1.807) is 0 Å². The van der Waals surface area contributed by atoms with Crippen molar-refractivity contribution < 1.29 is 9.84 Å². The number of ether oxygens (including phenoxy) is 1. The van der Waals surface area contributed by atoms with Crippen molar-refractivity contribution in [2.24, 2.45) is 5.92 Å². The zero-order chi connectivity index (χ0) is 11.4. The lowest BCUT2D eigenvalue weighted by Gasteiger charge is -2.48. The van der Waals surface area contributed by atoms with Crippen molar-refractivity contribution in [2.75, 3.05) is 18.1 Å². The number of aliphatic hydroxyl groups is 1. The van der Waals surface area contributed by atoms with E-state index >= 15 is 0 Å². The second-order valence-electron chi connectivity index (χ2n) is 5.28. The zero-order valence-electron chi connectivity index (χ0n) is 10.3. The molecule has 1 saturated carbocycles. The van der Waals surface area contributed by atoms with E-state index in [-0.39, 0.29) is 11.7 Å². The van der Waals surface area contributed by atoms with Crippen LogP contribution >= 0.6 is 11.8 Å². The van der Waals surface area contributed by atoms with Gasteiger partial charge in [-0.2, -0.15) is 11.8 Å². The van der Waals surface area contributed by atoms with Crippen LogP contribution < -0.4 is 0 Å². The van der Waals surface area contributed by atoms with Crippen molar-refractivity contribution in [3.05, 3.63) is 0 Å². The quantitative estimate of drug-likeness (QED) is 0.754. The Labute approximate surface area is 103 Å². The Balaban J connectivity index is 1.75. The summed E-state index contributed by atoms with van der Waals surface area (Å²) in [7, 11) is 0. The van der Waals surface area contributed by atoms with Crippen molar-refractivity contribution in [3.63, 3.8) is 0 Å². The van der Waals surface area contributed by atoms with Gasteiger partial charge in [0.2, 0.25) is 0 Å². The Hall–Kier alpha value is 0.270. The average molecular weight is 244 g/mol. The van der Waals surface area contributed by atoms with Gasteiger partial charge in [0.05, 0.1) is 11.7 Å². The fourth-order valence-corrected chi connectivity index (χ4v) is 3.77. The van der Waals surface area contributed by atoms with Crippen LogP contribution in [0.2, 0.25) is 0 Å². The number of hydrogen-bond donors (Lipinski definition) is 1. The molecule has 16 heavy (non-hydrogen) atoms. The van der Waals surface area contributed by atoms with Crippen LogP contribution in [0.1, 0.15) is 45.4 Å². The molecule has 0 radical (unpaired) electrons. The van der Waals surface area contributed by atoms with Crippen molar-refractivity contribution >= 4 is 11.8 Å². The van der Waals surface area contributed by atoms with Crippen molar-refractivity contribution in [1.29, 1.82) is 0 Å². The van der Waals surface area contributed by atoms with Crippen LogP contribution in [0.5, 0.6) is 0 Å². The molecule has 1 heterocycles. The average Bonchev–Trinajstić information content (AvgIpc) is 2.27. The molecule has 94 valence electrons. The molecule has 0 bridgehead atoms. The SMILES string of the molecule is CCCSCC(O)C1CCOC2(CCC2)C1. The zero-order valence-corrected chi connectivity index (χ0v) is 11.1. The van der Waals surface area contributed by atoms with Gasteiger partial charge in [-0.15, -0.1) is 0 Å². The minimum Gasteiger partial charge on any atom is -0.392 e. The summed E-state index contributed by atoms with van der Waals surface area (Å²) < 4.78 is 5.89. The number of rotatable bonds is 5. The molecule has 1 aliphatic heterocycles. The minimum absolute atomic E-state index is 0.113. The van der Waals surface area contributed by atoms with Gasteiger partial charge in [-0.3, -0.25) is 0 Å². The van der Waals surface area contributed by atoms with E-state index in [4.69, 9.17) is 4.74 Å². The van der Waals surface area contributed by atoms with Gasteiger partial charge in [-0.1, -0.05) is 6.92 Å². The standard InChI is InChI=1S/C13H24O2S/c1-2-8-16-10-12(14)11-4-7-15-13(9-11)5-3-6-13/h11-12,14H,2-10H2,1H3. The van der Waals surface area contributed by atoms with Gasteiger partial charge in [-0.25, -0.2) is 0 Å². The molecule has 2 unspecified atom stereocenters. The van der Waals surface area contributed by atoms with Gasteiger partial charge in [0.1, 0.15) is 0 Å². The summed E-state index contributed by atoms with van der Waals surface area (Å²) >= 11 is 1.89. The normalized spacial score (nSPS) is 30.0. The lowest BCUT2D eigenvalue weighted by Crippen LogP contribution is -2.48. The summed E-state index contributed by atoms with van der Waals surface area (Å²) in [5, 5.41) is 10.2. The fourth-order valence-electron chi connectivity index (χ4n) is 2.80. The second kappa shape index (κ2) is 5.74. The maximum Gasteiger partial charge on any atom is 0.0686 e. The molecule has 1 spiro atoms. The topological polar surface area (TPSA) is 29.5 Å². The molecule has 2 nitrogen and oxygen atoms in total. The van der Waals surface area contributed by atoms with Gasteiger partial charge in [0.15, 0.2) is 0 Å². The molecule has 0 aromatic rings. The third kappa shape index (κ3) is 2.93. The highest BCUT2D eigenvalue weighted by atomic mass is 32.2. The van der Waals surface area contributed by atoms with Crippen LogP contribution in [0.3, 0.4) is 0 Å². The van der Waals surface area contributed by atoms with Crippen LogP contribution in [0.4, 0.5) is 0 Å². The lowest BCUT2D eigenvalue weighted by atomic mass is 9.71. The summed E-state index contributed by atoms with van der Waals surface area (Å²) in [5.41, 5.74) is 0.180. The van der Waals surface area contributed by atoms with Crippen LogP contribution in [-0.2, 0) is 4.74 Å². The van der Waals surface area contributed by atoms with E-state index in [1.807, 2.05) is 11.8 Å². The number of aliphatic hydroxyl groups excluding tert-OH is 1. The predicted octanol–water partition coefficient (Wildman–Crippen LogP) is 2.84. The van der Waals surface area contributed by atoms with E-state index in [0.717, 1.165) is 25.2 Å². The van der Waals surface area contributed by atoms with E-state index < -0.39 is 0 Å². The molecule has 1 N–H and O–H groups in total. The van der Waals surface area contributed by atoms with Crippen LogP contribution in [0, 0.1) is 5.92 Å². The highest BCUT2D eigenvalue weighted by Crippen LogP contribution is 2.45. The van der Waals surface area contributed by atoms with Gasteiger partial charge in [0.25, 0.3) is 0 Å². The molecule has 1 saturated heterocycles. The summed E-state index contributed by atoms with van der Waals surface area (Å²) in [5.74, 6) is 2.57. The first kappa shape index (κ1) is 12.7. The van der Waals surface area contributed by atoms with Gasteiger partial charge in [0, 0.05) is 12.4 Å². The van der Waals surface area contributed by atoms with Gasteiger partial charge in [-0.05, 0) is 50.2 Å². The minimum atomic E-state index is -0.113. The highest BCUT2D eigenvalue weighted by Gasteiger charge is 2.43. The monoisotopic (exact) mass is 244 g/mol. The maximum atomic E-state index is 10.2. The largest absolute Gasteiger partial charge is 0.392 e. The molecule has 2 aliphatic rings. The van der Waals surface area contributed by atoms with Crippen LogP contribution in [-0.4, -0.2) is 34.9 Å². The molecule has 2 rings (SSSR count). The Morgan fingerprint density at radius 2 is 2.31 bits per heavy atom. The first-order chi connectivity index (χ1) is 7.76. The van der Waals surface area contributed by atoms with Crippen LogP contribution in [0.15, 0.2) is 0 Å². The molecule has 2 atom stereocenters. The van der Waals surface area contributed by atoms with E-state index in [2.05, 4.69) is 6.92 Å². The van der Waals surface area contributed by atoms with E-state index in [1.165, 1.54) is 31.4 Å². The lowest BCUT2D eigenvalue weighted by molar-refractivity contribution is -0.154. The number of thioether (sulfide) groups is 1. The Morgan fingerprint density at radius 3 is 2.94 bits per heavy atom. The first-order valence-electron chi connectivity index (χ1n) is 6.65. The van der Waals surface area contributed by atoms with E-state index in [0.29, 0.717) is 5.92 Å². The molecule has 0 aromatic carbocycles. The first-order valence-corrected chi connectivity index (χ1v) is 7.81. The predicted molar refractivity (Wildman–Crippen MR) is 68.9 cm³/mol. The van der Waals surface area contributed by atoms with Crippen molar-refractivity contribution in [2.45, 2.75) is 57.2 Å². The second-order valence-corrected chi connectivity index (χ2v) is 6.43. The highest BCUT2D eigenvalue weighted by molar-refractivity contribution is 7.99. The smallest absolute Gasteiger partial charge is 0.0686 e. The third-order valence-electron chi connectivity index (χ3n) is 3.98. The Morgan fingerprint density at radius 1 is 1.50 bits per heavy atom. The molecular weight excluding hydrogens is 220 g/mol. The molecular formula is C13H24O2S. The Bertz CT molecular complexity index is 216. The van der Waals surface area contributed by atoms with Crippen molar-refractivity contribution in [1.82, 2.24) is 0 Å². The molecule has 0 amide bonds. The molecule has 2 fully saturated rings. The van der Waals surface area contributed by atoms with Crippen LogP contribution in [0.25, 0.3) is 0 Å². The molecule has 0 aromatic heterocycles. The molecule has 3 heteroatoms. The maximum absolute atomic E-state index is 10.2. The Kier molecular flexibility index (Phi) is 4.57. The van der Waals surface area contributed by atoms with E-state index in [9.17, 15) is 5.11 Å². The summed E-state index contributed by atoms with van der Waals surface area (Å²) in [6, 6.07) is 0. The summed E-state index contributed by atoms with van der Waals surface area (Å²) in [4.78, 5) is 0. The summed E-state index contributed by atoms with van der Waals surface area (Å²) in [6.45, 7) is 3.05. The number of hydrogen-bond acceptors (Lipinski definition) is 3. The summed E-state index contributed by atoms with van der Waals surface area (Å²) in [6.07, 6.45) is 6.99. The van der Waals surface area contributed by atoms with Gasteiger partial charge < -0.3 is 9.84 Å². The van der Waals surface area contributed by atoms with Gasteiger partial charge >= 0.3 is 0 Å². The fraction of sp³-hybridized carbons (Fsp3) is 1.00. The van der Waals surface area contributed by atoms with Crippen molar-refractivity contribution in [3.8, 4) is 0 Å². The molecule has 1 aliphatic carbocycles. The third-order valence-corrected chi connectivity index (χ3v) is 5.25.